The number of carbonyl (C=O) groups is 2. The molecule has 0 saturated carbocycles. The number of amides is 2. The van der Waals surface area contributed by atoms with Crippen LogP contribution in [0.1, 0.15) is 37.0 Å². The first-order valence-corrected chi connectivity index (χ1v) is 9.89. The van der Waals surface area contributed by atoms with Crippen LogP contribution < -0.4 is 10.6 Å². The van der Waals surface area contributed by atoms with Crippen molar-refractivity contribution in [2.24, 2.45) is 0 Å². The van der Waals surface area contributed by atoms with Crippen molar-refractivity contribution < 1.29 is 14.0 Å². The lowest BCUT2D eigenvalue weighted by molar-refractivity contribution is -0.139. The highest BCUT2D eigenvalue weighted by atomic mass is 32.1. The Bertz CT molecular complexity index is 762. The lowest BCUT2D eigenvalue weighted by atomic mass is 9.97. The monoisotopic (exact) mass is 372 g/mol. The fraction of sp³-hybridized carbons (Fsp3) is 0.400. The van der Waals surface area contributed by atoms with Crippen LogP contribution in [0.2, 0.25) is 0 Å². The van der Waals surface area contributed by atoms with Gasteiger partial charge >= 0.3 is 11.8 Å². The Morgan fingerprint density at radius 2 is 1.85 bits per heavy atom. The number of thiophene rings is 1. The molecule has 2 aromatic rings. The SMILES string of the molecule is O=C(NCCC1=CCCCC1)C(=O)NCCc1ccc(-c2ccoc2)s1. The minimum absolute atomic E-state index is 0.447. The van der Waals surface area contributed by atoms with E-state index in [1.165, 1.54) is 18.4 Å². The first-order chi connectivity index (χ1) is 12.7. The molecule has 0 atom stereocenters. The predicted octanol–water partition coefficient (Wildman–Crippen LogP) is 3.67. The molecule has 0 unspecified atom stereocenters. The van der Waals surface area contributed by atoms with E-state index in [1.807, 2.05) is 18.2 Å². The maximum absolute atomic E-state index is 11.9. The van der Waals surface area contributed by atoms with Gasteiger partial charge in [-0.1, -0.05) is 11.6 Å². The van der Waals surface area contributed by atoms with Crippen molar-refractivity contribution in [3.63, 3.8) is 0 Å². The summed E-state index contributed by atoms with van der Waals surface area (Å²) < 4.78 is 5.09. The number of rotatable bonds is 7. The topological polar surface area (TPSA) is 71.3 Å². The number of nitrogens with one attached hydrogen (secondary N) is 2. The highest BCUT2D eigenvalue weighted by Crippen LogP contribution is 2.28. The standard InChI is InChI=1S/C20H24N2O3S/c23-19(21-11-8-15-4-2-1-3-5-15)20(24)22-12-9-17-6-7-18(26-17)16-10-13-25-14-16/h4,6-7,10,13-14H,1-3,5,8-9,11-12H2,(H,21,23)(H,22,24). The molecule has 2 heterocycles. The third-order valence-corrected chi connectivity index (χ3v) is 5.64. The summed E-state index contributed by atoms with van der Waals surface area (Å²) in [5, 5.41) is 5.39. The molecule has 0 spiro atoms. The van der Waals surface area contributed by atoms with E-state index in [2.05, 4.69) is 16.7 Å². The maximum atomic E-state index is 11.9. The van der Waals surface area contributed by atoms with Gasteiger partial charge in [-0.05, 0) is 56.7 Å². The summed E-state index contributed by atoms with van der Waals surface area (Å²) >= 11 is 1.66. The first-order valence-electron chi connectivity index (χ1n) is 9.07. The molecule has 6 heteroatoms. The Labute approximate surface area is 157 Å². The molecule has 2 aromatic heterocycles. The predicted molar refractivity (Wildman–Crippen MR) is 103 cm³/mol. The molecule has 0 saturated heterocycles. The van der Waals surface area contributed by atoms with Gasteiger partial charge in [0.05, 0.1) is 12.5 Å². The van der Waals surface area contributed by atoms with Crippen LogP contribution in [0.3, 0.4) is 0 Å². The van der Waals surface area contributed by atoms with Crippen LogP contribution in [0.25, 0.3) is 10.4 Å². The van der Waals surface area contributed by atoms with Crippen LogP contribution in [0.5, 0.6) is 0 Å². The molecule has 26 heavy (non-hydrogen) atoms. The van der Waals surface area contributed by atoms with Crippen LogP contribution in [-0.4, -0.2) is 24.9 Å². The first kappa shape index (κ1) is 18.5. The zero-order valence-electron chi connectivity index (χ0n) is 14.8. The van der Waals surface area contributed by atoms with Gasteiger partial charge in [-0.2, -0.15) is 0 Å². The molecule has 1 aliphatic carbocycles. The fourth-order valence-corrected chi connectivity index (χ4v) is 3.99. The second-order valence-corrected chi connectivity index (χ2v) is 7.57. The smallest absolute Gasteiger partial charge is 0.309 e. The average molecular weight is 372 g/mol. The molecule has 2 N–H and O–H groups in total. The summed E-state index contributed by atoms with van der Waals surface area (Å²) in [5.41, 5.74) is 2.45. The molecular formula is C20H24N2O3S. The Morgan fingerprint density at radius 3 is 2.54 bits per heavy atom. The zero-order valence-corrected chi connectivity index (χ0v) is 15.6. The fourth-order valence-electron chi connectivity index (χ4n) is 3.00. The third kappa shape index (κ3) is 5.33. The number of furan rings is 1. The molecule has 1 aliphatic rings. The Kier molecular flexibility index (Phi) is 6.66. The number of hydrogen-bond donors (Lipinski definition) is 2. The summed E-state index contributed by atoms with van der Waals surface area (Å²) in [6.45, 7) is 0.972. The molecule has 0 fully saturated rings. The van der Waals surface area contributed by atoms with Gasteiger partial charge < -0.3 is 15.1 Å². The van der Waals surface area contributed by atoms with E-state index in [0.717, 1.165) is 34.6 Å². The van der Waals surface area contributed by atoms with Crippen molar-refractivity contribution in [1.29, 1.82) is 0 Å². The summed E-state index contributed by atoms with van der Waals surface area (Å²) in [4.78, 5) is 26.0. The molecule has 138 valence electrons. The summed E-state index contributed by atoms with van der Waals surface area (Å²) in [7, 11) is 0. The van der Waals surface area contributed by atoms with Gasteiger partial charge in [0, 0.05) is 28.4 Å². The van der Waals surface area contributed by atoms with Crippen molar-refractivity contribution in [1.82, 2.24) is 10.6 Å². The van der Waals surface area contributed by atoms with E-state index in [9.17, 15) is 9.59 Å². The average Bonchev–Trinajstić information content (AvgIpc) is 3.34. The number of hydrogen-bond acceptors (Lipinski definition) is 4. The molecular weight excluding hydrogens is 348 g/mol. The molecule has 5 nitrogen and oxygen atoms in total. The molecule has 2 amide bonds. The largest absolute Gasteiger partial charge is 0.472 e. The van der Waals surface area contributed by atoms with Crippen molar-refractivity contribution in [2.45, 2.75) is 38.5 Å². The van der Waals surface area contributed by atoms with E-state index in [-0.39, 0.29) is 0 Å². The van der Waals surface area contributed by atoms with Crippen LogP contribution >= 0.6 is 11.3 Å². The summed E-state index contributed by atoms with van der Waals surface area (Å²) in [5.74, 6) is -1.11. The zero-order chi connectivity index (χ0) is 18.2. The lowest BCUT2D eigenvalue weighted by Gasteiger charge is -2.12. The molecule has 0 radical (unpaired) electrons. The second-order valence-electron chi connectivity index (χ2n) is 6.40. The van der Waals surface area contributed by atoms with Crippen LogP contribution in [0.15, 0.2) is 46.8 Å². The van der Waals surface area contributed by atoms with Gasteiger partial charge in [0.25, 0.3) is 0 Å². The third-order valence-electron chi connectivity index (χ3n) is 4.45. The maximum Gasteiger partial charge on any atom is 0.309 e. The van der Waals surface area contributed by atoms with E-state index < -0.39 is 11.8 Å². The Balaban J connectivity index is 1.34. The van der Waals surface area contributed by atoms with Crippen LogP contribution in [0.4, 0.5) is 0 Å². The number of allylic oxidation sites excluding steroid dienone is 1. The summed E-state index contributed by atoms with van der Waals surface area (Å²) in [6, 6.07) is 6.00. The highest BCUT2D eigenvalue weighted by Gasteiger charge is 2.13. The van der Waals surface area contributed by atoms with Crippen molar-refractivity contribution in [3.05, 3.63) is 47.3 Å². The van der Waals surface area contributed by atoms with Crippen molar-refractivity contribution in [2.75, 3.05) is 13.1 Å². The Morgan fingerprint density at radius 1 is 1.04 bits per heavy atom. The van der Waals surface area contributed by atoms with E-state index in [1.54, 1.807) is 23.9 Å². The van der Waals surface area contributed by atoms with Crippen molar-refractivity contribution in [3.8, 4) is 10.4 Å². The van der Waals surface area contributed by atoms with E-state index in [0.29, 0.717) is 19.5 Å². The van der Waals surface area contributed by atoms with Gasteiger partial charge in [-0.25, -0.2) is 0 Å². The van der Waals surface area contributed by atoms with Crippen LogP contribution in [-0.2, 0) is 16.0 Å². The van der Waals surface area contributed by atoms with Gasteiger partial charge in [0.15, 0.2) is 0 Å². The highest BCUT2D eigenvalue weighted by molar-refractivity contribution is 7.15. The lowest BCUT2D eigenvalue weighted by Crippen LogP contribution is -2.41. The number of carbonyl (C=O) groups excluding carboxylic acids is 2. The van der Waals surface area contributed by atoms with Gasteiger partial charge in [0.1, 0.15) is 0 Å². The van der Waals surface area contributed by atoms with Gasteiger partial charge in [-0.15, -0.1) is 11.3 Å². The second kappa shape index (κ2) is 9.38. The molecule has 0 bridgehead atoms. The van der Waals surface area contributed by atoms with Crippen LogP contribution in [0, 0.1) is 0 Å². The van der Waals surface area contributed by atoms with Gasteiger partial charge in [0.2, 0.25) is 0 Å². The van der Waals surface area contributed by atoms with E-state index in [4.69, 9.17) is 4.42 Å². The quantitative estimate of drug-likeness (QED) is 0.575. The molecule has 0 aromatic carbocycles. The van der Waals surface area contributed by atoms with Gasteiger partial charge in [-0.3, -0.25) is 9.59 Å². The minimum Gasteiger partial charge on any atom is -0.472 e. The molecule has 0 aliphatic heterocycles. The Hall–Kier alpha value is -2.34. The minimum atomic E-state index is -0.561. The van der Waals surface area contributed by atoms with E-state index >= 15 is 0 Å². The normalized spacial score (nSPS) is 13.9. The molecule has 3 rings (SSSR count). The van der Waals surface area contributed by atoms with Crippen molar-refractivity contribution >= 4 is 23.2 Å². The summed E-state index contributed by atoms with van der Waals surface area (Å²) in [6.07, 6.45) is 11.9.